The van der Waals surface area contributed by atoms with Crippen LogP contribution < -0.4 is 9.88 Å². The van der Waals surface area contributed by atoms with Crippen LogP contribution in [0.2, 0.25) is 0 Å². The first-order valence-electron chi connectivity index (χ1n) is 12.5. The Labute approximate surface area is 227 Å². The van der Waals surface area contributed by atoms with Gasteiger partial charge in [-0.25, -0.2) is 18.2 Å². The van der Waals surface area contributed by atoms with Gasteiger partial charge < -0.3 is 14.2 Å². The van der Waals surface area contributed by atoms with Crippen LogP contribution in [0.3, 0.4) is 0 Å². The van der Waals surface area contributed by atoms with Crippen LogP contribution in [0.15, 0.2) is 89.8 Å². The molecule has 202 valence electrons. The molecule has 9 nitrogen and oxygen atoms in total. The molecule has 0 spiro atoms. The lowest BCUT2D eigenvalue weighted by atomic mass is 9.86. The molecule has 0 saturated carbocycles. The van der Waals surface area contributed by atoms with Crippen molar-refractivity contribution in [3.63, 3.8) is 0 Å². The molecule has 0 unspecified atom stereocenters. The molecule has 0 bridgehead atoms. The number of hydrogen-bond acceptors (Lipinski definition) is 7. The summed E-state index contributed by atoms with van der Waals surface area (Å²) in [5, 5.41) is 9.81. The first-order chi connectivity index (χ1) is 18.8. The quantitative estimate of drug-likeness (QED) is 0.313. The van der Waals surface area contributed by atoms with Gasteiger partial charge in [0.2, 0.25) is 15.8 Å². The van der Waals surface area contributed by atoms with Gasteiger partial charge in [-0.05, 0) is 48.0 Å². The topological polar surface area (TPSA) is 123 Å². The summed E-state index contributed by atoms with van der Waals surface area (Å²) in [6.07, 6.45) is 1.48. The second kappa shape index (κ2) is 11.1. The Kier molecular flexibility index (Phi) is 7.62. The number of Topliss-reactive ketones (excluding diaryl/α,β-unsaturated/α-hetero) is 1. The number of nitrogens with two attached hydrogens (primary N) is 1. The summed E-state index contributed by atoms with van der Waals surface area (Å²) >= 11 is 0. The number of hydrogen-bond donors (Lipinski definition) is 1. The van der Waals surface area contributed by atoms with Gasteiger partial charge in [0.05, 0.1) is 21.9 Å². The summed E-state index contributed by atoms with van der Waals surface area (Å²) in [5.41, 5.74) is 2.80. The van der Waals surface area contributed by atoms with Crippen molar-refractivity contribution in [3.05, 3.63) is 96.2 Å². The van der Waals surface area contributed by atoms with Crippen LogP contribution in [0.4, 0.5) is 0 Å². The molecule has 1 aromatic heterocycles. The van der Waals surface area contributed by atoms with E-state index in [1.165, 1.54) is 12.1 Å². The van der Waals surface area contributed by atoms with Crippen molar-refractivity contribution >= 4 is 15.8 Å². The minimum Gasteiger partial charge on any atom is -0.485 e. The van der Waals surface area contributed by atoms with Crippen molar-refractivity contribution in [1.82, 2.24) is 9.78 Å². The van der Waals surface area contributed by atoms with Crippen LogP contribution in [-0.4, -0.2) is 50.9 Å². The number of primary sulfonamides is 1. The summed E-state index contributed by atoms with van der Waals surface area (Å²) in [5.74, 6) is 0.259. The number of rotatable bonds is 9. The van der Waals surface area contributed by atoms with E-state index in [2.05, 4.69) is 5.10 Å². The largest absolute Gasteiger partial charge is 0.485 e. The molecule has 39 heavy (non-hydrogen) atoms. The highest BCUT2D eigenvalue weighted by molar-refractivity contribution is 7.89. The van der Waals surface area contributed by atoms with E-state index in [-0.39, 0.29) is 23.0 Å². The van der Waals surface area contributed by atoms with Gasteiger partial charge in [0.15, 0.2) is 6.61 Å². The third-order valence-corrected chi connectivity index (χ3v) is 7.82. The van der Waals surface area contributed by atoms with Crippen LogP contribution in [-0.2, 0) is 25.1 Å². The van der Waals surface area contributed by atoms with Crippen LogP contribution in [0, 0.1) is 0 Å². The molecule has 0 atom stereocenters. The second-order valence-corrected chi connectivity index (χ2v) is 10.8. The fourth-order valence-electron chi connectivity index (χ4n) is 4.71. The molecule has 4 aromatic rings. The number of sulfonamides is 1. The lowest BCUT2D eigenvalue weighted by Crippen LogP contribution is -2.35. The van der Waals surface area contributed by atoms with Crippen LogP contribution in [0.1, 0.15) is 28.9 Å². The number of ether oxygens (including phenoxy) is 3. The highest BCUT2D eigenvalue weighted by atomic mass is 32.2. The summed E-state index contributed by atoms with van der Waals surface area (Å²) in [7, 11) is -2.13. The molecule has 1 aliphatic rings. The number of benzene rings is 3. The Morgan fingerprint density at radius 3 is 2.38 bits per heavy atom. The number of carbonyl (C=O) groups is 1. The highest BCUT2D eigenvalue weighted by Crippen LogP contribution is 2.37. The van der Waals surface area contributed by atoms with E-state index in [0.717, 1.165) is 24.1 Å². The molecule has 10 heteroatoms. The van der Waals surface area contributed by atoms with Crippen molar-refractivity contribution < 1.29 is 27.4 Å². The summed E-state index contributed by atoms with van der Waals surface area (Å²) < 4.78 is 42.3. The van der Waals surface area contributed by atoms with Gasteiger partial charge >= 0.3 is 0 Å². The molecule has 0 radical (unpaired) electrons. The zero-order valence-corrected chi connectivity index (χ0v) is 22.3. The molecule has 1 fully saturated rings. The predicted octanol–water partition coefficient (Wildman–Crippen LogP) is 4.10. The first-order valence-corrected chi connectivity index (χ1v) is 14.0. The van der Waals surface area contributed by atoms with E-state index in [4.69, 9.17) is 19.3 Å². The molecular weight excluding hydrogens is 518 g/mol. The van der Waals surface area contributed by atoms with Crippen LogP contribution >= 0.6 is 0 Å². The number of methoxy groups -OCH3 is 1. The second-order valence-electron chi connectivity index (χ2n) is 9.28. The smallest absolute Gasteiger partial charge is 0.238 e. The maximum Gasteiger partial charge on any atom is 0.238 e. The summed E-state index contributed by atoms with van der Waals surface area (Å²) in [6.45, 7) is 1.03. The first kappa shape index (κ1) is 26.8. The van der Waals surface area contributed by atoms with Gasteiger partial charge in [-0.1, -0.05) is 42.5 Å². The molecule has 0 aliphatic carbocycles. The van der Waals surface area contributed by atoms with E-state index in [0.29, 0.717) is 30.2 Å². The zero-order chi connectivity index (χ0) is 27.5. The lowest BCUT2D eigenvalue weighted by molar-refractivity contribution is -0.0948. The SMILES string of the molecule is COC1(c2cccc(OCC(=O)c3cc(-c4ccc(S(N)(=O)=O)cc4)n(-c4ccccc4)n3)c2)CCOCC1. The number of ketones is 1. The van der Waals surface area contributed by atoms with E-state index >= 15 is 0 Å². The minimum absolute atomic E-state index is 0.0000349. The number of nitrogens with zero attached hydrogens (tertiary/aromatic N) is 2. The van der Waals surface area contributed by atoms with Gasteiger partial charge in [-0.15, -0.1) is 0 Å². The minimum atomic E-state index is -3.83. The van der Waals surface area contributed by atoms with Gasteiger partial charge in [-0.3, -0.25) is 4.79 Å². The van der Waals surface area contributed by atoms with Crippen molar-refractivity contribution in [2.45, 2.75) is 23.3 Å². The number of carbonyl (C=O) groups excluding carboxylic acids is 1. The van der Waals surface area contributed by atoms with Crippen LogP contribution in [0.25, 0.3) is 16.9 Å². The average molecular weight is 548 g/mol. The summed E-state index contributed by atoms with van der Waals surface area (Å²) in [6, 6.07) is 24.7. The Balaban J connectivity index is 1.40. The van der Waals surface area contributed by atoms with Crippen molar-refractivity contribution in [2.75, 3.05) is 26.9 Å². The molecule has 3 aromatic carbocycles. The van der Waals surface area contributed by atoms with Crippen molar-refractivity contribution in [2.24, 2.45) is 5.14 Å². The highest BCUT2D eigenvalue weighted by Gasteiger charge is 2.34. The van der Waals surface area contributed by atoms with Gasteiger partial charge in [-0.2, -0.15) is 5.10 Å². The van der Waals surface area contributed by atoms with Gasteiger partial charge in [0.25, 0.3) is 0 Å². The normalized spacial score (nSPS) is 15.1. The van der Waals surface area contributed by atoms with Crippen molar-refractivity contribution in [1.29, 1.82) is 0 Å². The molecule has 1 aliphatic heterocycles. The monoisotopic (exact) mass is 547 g/mol. The standard InChI is InChI=1S/C29H29N3O6S/c1-36-29(14-16-37-17-15-29)22-6-5-9-24(18-22)38-20-28(33)26-19-27(32(31-26)23-7-3-2-4-8-23)21-10-12-25(13-11-21)39(30,34)35/h2-13,18-19H,14-17,20H2,1H3,(H2,30,34,35). The van der Waals surface area contributed by atoms with E-state index < -0.39 is 15.6 Å². The maximum atomic E-state index is 13.2. The predicted molar refractivity (Wildman–Crippen MR) is 145 cm³/mol. The molecule has 2 N–H and O–H groups in total. The molecular formula is C29H29N3O6S. The summed E-state index contributed by atoms with van der Waals surface area (Å²) in [4.78, 5) is 13.2. The number of aromatic nitrogens is 2. The van der Waals surface area contributed by atoms with Crippen LogP contribution in [0.5, 0.6) is 5.75 Å². The molecule has 5 rings (SSSR count). The molecule has 0 amide bonds. The van der Waals surface area contributed by atoms with E-state index in [1.807, 2.05) is 48.5 Å². The van der Waals surface area contributed by atoms with Crippen molar-refractivity contribution in [3.8, 4) is 22.7 Å². The lowest BCUT2D eigenvalue weighted by Gasteiger charge is -2.36. The zero-order valence-electron chi connectivity index (χ0n) is 21.4. The Hall–Kier alpha value is -3.83. The van der Waals surface area contributed by atoms with Gasteiger partial charge in [0, 0.05) is 38.7 Å². The third-order valence-electron chi connectivity index (χ3n) is 6.90. The Bertz CT molecular complexity index is 1560. The molecule has 1 saturated heterocycles. The average Bonchev–Trinajstić information content (AvgIpc) is 3.42. The number of para-hydroxylation sites is 1. The van der Waals surface area contributed by atoms with Gasteiger partial charge in [0.1, 0.15) is 11.4 Å². The third kappa shape index (κ3) is 5.79. The fourth-order valence-corrected chi connectivity index (χ4v) is 5.22. The maximum absolute atomic E-state index is 13.2. The molecule has 2 heterocycles. The Morgan fingerprint density at radius 2 is 1.72 bits per heavy atom. The fraction of sp³-hybridized carbons (Fsp3) is 0.241. The Morgan fingerprint density at radius 1 is 1.00 bits per heavy atom. The van der Waals surface area contributed by atoms with E-state index in [1.54, 1.807) is 36.1 Å². The van der Waals surface area contributed by atoms with E-state index in [9.17, 15) is 13.2 Å².